The molecule has 108 valence electrons. The Balaban J connectivity index is 2.09. The number of nitrogens with zero attached hydrogens (tertiary/aromatic N) is 1. The topological polar surface area (TPSA) is 71.1 Å². The maximum absolute atomic E-state index is 13.4. The molecular weight excluding hydrogens is 273 g/mol. The second-order valence-corrected chi connectivity index (χ2v) is 4.23. The molecule has 0 bridgehead atoms. The predicted octanol–water partition coefficient (Wildman–Crippen LogP) is 2.22. The molecule has 2 aromatic rings. The summed E-state index contributed by atoms with van der Waals surface area (Å²) in [6.07, 6.45) is 1.27. The normalized spacial score (nSPS) is 10.0. The molecule has 0 saturated heterocycles. The van der Waals surface area contributed by atoms with Crippen LogP contribution >= 0.6 is 0 Å². The highest BCUT2D eigenvalue weighted by molar-refractivity contribution is 6.04. The predicted molar refractivity (Wildman–Crippen MR) is 76.6 cm³/mol. The quantitative estimate of drug-likeness (QED) is 0.847. The lowest BCUT2D eigenvalue weighted by molar-refractivity contribution is 0.0955. The number of hydrogen-bond acceptors (Lipinski definition) is 3. The smallest absolute Gasteiger partial charge is 0.260 e. The number of carbonyl (C=O) groups excluding carboxylic acids is 2. The van der Waals surface area contributed by atoms with E-state index in [4.69, 9.17) is 0 Å². The number of aromatic nitrogens is 1. The van der Waals surface area contributed by atoms with Crippen LogP contribution in [0.5, 0.6) is 0 Å². The van der Waals surface area contributed by atoms with Crippen LogP contribution in [0, 0.1) is 5.95 Å². The maximum Gasteiger partial charge on any atom is 0.260 e. The largest absolute Gasteiger partial charge is 0.352 e. The monoisotopic (exact) mass is 287 g/mol. The van der Waals surface area contributed by atoms with E-state index < -0.39 is 11.9 Å². The number of rotatable bonds is 4. The molecule has 0 atom stereocenters. The average Bonchev–Trinajstić information content (AvgIpc) is 2.48. The zero-order valence-electron chi connectivity index (χ0n) is 11.4. The lowest BCUT2D eigenvalue weighted by Crippen LogP contribution is -2.22. The van der Waals surface area contributed by atoms with Crippen LogP contribution < -0.4 is 10.6 Å². The number of halogens is 1. The van der Waals surface area contributed by atoms with Gasteiger partial charge in [0.05, 0.1) is 5.56 Å². The zero-order valence-corrected chi connectivity index (χ0v) is 11.4. The standard InChI is InChI=1S/C15H14FN3O2/c1-2-17-14(20)10-5-7-11(8-6-10)19-15(21)12-4-3-9-18-13(12)16/h3-9H,2H2,1H3,(H,17,20)(H,19,21). The second kappa shape index (κ2) is 6.60. The van der Waals surface area contributed by atoms with E-state index in [2.05, 4.69) is 15.6 Å². The molecule has 1 heterocycles. The lowest BCUT2D eigenvalue weighted by Gasteiger charge is -2.07. The molecule has 0 aliphatic carbocycles. The van der Waals surface area contributed by atoms with Gasteiger partial charge in [-0.15, -0.1) is 0 Å². The van der Waals surface area contributed by atoms with Gasteiger partial charge in [-0.25, -0.2) is 4.98 Å². The molecule has 0 aliphatic rings. The van der Waals surface area contributed by atoms with Crippen molar-refractivity contribution in [3.8, 4) is 0 Å². The van der Waals surface area contributed by atoms with Crippen molar-refractivity contribution in [2.75, 3.05) is 11.9 Å². The Morgan fingerprint density at radius 2 is 1.86 bits per heavy atom. The molecule has 0 unspecified atom stereocenters. The molecule has 0 spiro atoms. The van der Waals surface area contributed by atoms with Crippen molar-refractivity contribution in [1.82, 2.24) is 10.3 Å². The molecule has 21 heavy (non-hydrogen) atoms. The van der Waals surface area contributed by atoms with E-state index in [0.29, 0.717) is 17.8 Å². The highest BCUT2D eigenvalue weighted by Gasteiger charge is 2.12. The summed E-state index contributed by atoms with van der Waals surface area (Å²) in [7, 11) is 0. The molecule has 0 saturated carbocycles. The van der Waals surface area contributed by atoms with Crippen LogP contribution in [0.25, 0.3) is 0 Å². The van der Waals surface area contributed by atoms with E-state index in [1.807, 2.05) is 6.92 Å². The van der Waals surface area contributed by atoms with E-state index in [1.165, 1.54) is 18.3 Å². The number of nitrogens with one attached hydrogen (secondary N) is 2. The minimum atomic E-state index is -0.825. The van der Waals surface area contributed by atoms with Crippen LogP contribution in [0.3, 0.4) is 0 Å². The summed E-state index contributed by atoms with van der Waals surface area (Å²) < 4.78 is 13.4. The van der Waals surface area contributed by atoms with E-state index in [0.717, 1.165) is 0 Å². The average molecular weight is 287 g/mol. The SMILES string of the molecule is CCNC(=O)c1ccc(NC(=O)c2cccnc2F)cc1. The van der Waals surface area contributed by atoms with Crippen LogP contribution in [-0.2, 0) is 0 Å². The van der Waals surface area contributed by atoms with Gasteiger partial charge in [-0.3, -0.25) is 9.59 Å². The molecule has 1 aromatic carbocycles. The Hall–Kier alpha value is -2.76. The minimum absolute atomic E-state index is 0.134. The Morgan fingerprint density at radius 3 is 2.48 bits per heavy atom. The van der Waals surface area contributed by atoms with E-state index in [9.17, 15) is 14.0 Å². The molecule has 1 aromatic heterocycles. The van der Waals surface area contributed by atoms with Crippen molar-refractivity contribution in [3.63, 3.8) is 0 Å². The molecule has 0 radical (unpaired) electrons. The summed E-state index contributed by atoms with van der Waals surface area (Å²) in [5.74, 6) is -1.60. The van der Waals surface area contributed by atoms with Gasteiger partial charge in [0.15, 0.2) is 0 Å². The minimum Gasteiger partial charge on any atom is -0.352 e. The third-order valence-electron chi connectivity index (χ3n) is 2.75. The molecule has 0 aliphatic heterocycles. The van der Waals surface area contributed by atoms with Crippen molar-refractivity contribution in [2.24, 2.45) is 0 Å². The van der Waals surface area contributed by atoms with Crippen LogP contribution in [-0.4, -0.2) is 23.3 Å². The lowest BCUT2D eigenvalue weighted by atomic mass is 10.2. The van der Waals surface area contributed by atoms with Crippen LogP contribution in [0.4, 0.5) is 10.1 Å². The fourth-order valence-electron chi connectivity index (χ4n) is 1.72. The molecule has 2 rings (SSSR count). The van der Waals surface area contributed by atoms with Gasteiger partial charge in [0.25, 0.3) is 11.8 Å². The van der Waals surface area contributed by atoms with Crippen molar-refractivity contribution in [2.45, 2.75) is 6.92 Å². The van der Waals surface area contributed by atoms with Crippen molar-refractivity contribution in [1.29, 1.82) is 0 Å². The summed E-state index contributed by atoms with van der Waals surface area (Å²) in [5, 5.41) is 5.22. The van der Waals surface area contributed by atoms with Crippen LogP contribution in [0.1, 0.15) is 27.6 Å². The zero-order chi connectivity index (χ0) is 15.2. The fourth-order valence-corrected chi connectivity index (χ4v) is 1.72. The van der Waals surface area contributed by atoms with Crippen molar-refractivity contribution < 1.29 is 14.0 Å². The first-order valence-corrected chi connectivity index (χ1v) is 6.42. The van der Waals surface area contributed by atoms with Crippen LogP contribution in [0.15, 0.2) is 42.6 Å². The Kier molecular flexibility index (Phi) is 4.61. The van der Waals surface area contributed by atoms with E-state index >= 15 is 0 Å². The third kappa shape index (κ3) is 3.62. The van der Waals surface area contributed by atoms with Gasteiger partial charge in [-0.2, -0.15) is 4.39 Å². The number of anilines is 1. The van der Waals surface area contributed by atoms with Crippen molar-refractivity contribution in [3.05, 3.63) is 59.7 Å². The Bertz CT molecular complexity index is 656. The van der Waals surface area contributed by atoms with Gasteiger partial charge < -0.3 is 10.6 Å². The maximum atomic E-state index is 13.4. The molecular formula is C15H14FN3O2. The Labute approximate surface area is 121 Å². The summed E-state index contributed by atoms with van der Waals surface area (Å²) >= 11 is 0. The van der Waals surface area contributed by atoms with Crippen LogP contribution in [0.2, 0.25) is 0 Å². The number of hydrogen-bond donors (Lipinski definition) is 2. The molecule has 2 N–H and O–H groups in total. The number of benzene rings is 1. The third-order valence-corrected chi connectivity index (χ3v) is 2.75. The summed E-state index contributed by atoms with van der Waals surface area (Å²) in [4.78, 5) is 26.9. The molecule has 6 heteroatoms. The summed E-state index contributed by atoms with van der Waals surface area (Å²) in [6, 6.07) is 9.16. The highest BCUT2D eigenvalue weighted by Crippen LogP contribution is 2.12. The van der Waals surface area contributed by atoms with Gasteiger partial charge in [0, 0.05) is 24.0 Å². The van der Waals surface area contributed by atoms with E-state index in [1.54, 1.807) is 24.3 Å². The summed E-state index contributed by atoms with van der Waals surface area (Å²) in [5.41, 5.74) is 0.823. The fraction of sp³-hybridized carbons (Fsp3) is 0.133. The molecule has 0 fully saturated rings. The van der Waals surface area contributed by atoms with Gasteiger partial charge in [-0.05, 0) is 43.3 Å². The van der Waals surface area contributed by atoms with Gasteiger partial charge >= 0.3 is 0 Å². The second-order valence-electron chi connectivity index (χ2n) is 4.23. The molecule has 5 nitrogen and oxygen atoms in total. The first kappa shape index (κ1) is 14.6. The van der Waals surface area contributed by atoms with Crippen molar-refractivity contribution >= 4 is 17.5 Å². The molecule has 2 amide bonds. The first-order valence-electron chi connectivity index (χ1n) is 6.42. The number of amides is 2. The Morgan fingerprint density at radius 1 is 1.14 bits per heavy atom. The first-order chi connectivity index (χ1) is 10.1. The summed E-state index contributed by atoms with van der Waals surface area (Å²) in [6.45, 7) is 2.37. The van der Waals surface area contributed by atoms with Gasteiger partial charge in [0.2, 0.25) is 5.95 Å². The number of pyridine rings is 1. The van der Waals surface area contributed by atoms with Gasteiger partial charge in [0.1, 0.15) is 0 Å². The highest BCUT2D eigenvalue weighted by atomic mass is 19.1. The number of carbonyl (C=O) groups is 2. The van der Waals surface area contributed by atoms with Gasteiger partial charge in [-0.1, -0.05) is 0 Å². The van der Waals surface area contributed by atoms with E-state index in [-0.39, 0.29) is 11.5 Å².